The molecule has 1 N–H and O–H groups in total. The van der Waals surface area contributed by atoms with Crippen molar-refractivity contribution in [2.45, 2.75) is 35.6 Å². The molecular weight excluding hydrogens is 396 g/mol. The van der Waals surface area contributed by atoms with E-state index in [0.29, 0.717) is 5.22 Å². The van der Waals surface area contributed by atoms with Gasteiger partial charge in [0, 0.05) is 16.1 Å². The molecule has 3 aromatic heterocycles. The summed E-state index contributed by atoms with van der Waals surface area (Å²) < 4.78 is 7.73. The van der Waals surface area contributed by atoms with Gasteiger partial charge in [-0.2, -0.15) is 0 Å². The number of aromatic nitrogens is 3. The van der Waals surface area contributed by atoms with Crippen LogP contribution in [0.25, 0.3) is 0 Å². The van der Waals surface area contributed by atoms with Crippen molar-refractivity contribution in [3.8, 4) is 0 Å². The molecule has 0 radical (unpaired) electrons. The van der Waals surface area contributed by atoms with Crippen molar-refractivity contribution in [1.82, 2.24) is 15.0 Å². The van der Waals surface area contributed by atoms with E-state index in [9.17, 15) is 0 Å². The lowest BCUT2D eigenvalue weighted by molar-refractivity contribution is 0.355. The first-order valence-electron chi connectivity index (χ1n) is 6.89. The first-order chi connectivity index (χ1) is 10.9. The molecule has 3 aromatic rings. The summed E-state index contributed by atoms with van der Waals surface area (Å²) >= 11 is 6.37. The molecule has 3 rings (SSSR count). The van der Waals surface area contributed by atoms with Crippen molar-refractivity contribution in [2.24, 2.45) is 0 Å². The van der Waals surface area contributed by atoms with Crippen LogP contribution < -0.4 is 5.32 Å². The van der Waals surface area contributed by atoms with Gasteiger partial charge in [0.05, 0.1) is 16.6 Å². The van der Waals surface area contributed by atoms with E-state index in [1.807, 2.05) is 12.1 Å². The fraction of sp³-hybridized carbons (Fsp3) is 0.267. The highest BCUT2D eigenvalue weighted by molar-refractivity contribution is 9.10. The van der Waals surface area contributed by atoms with Gasteiger partial charge in [0.1, 0.15) is 11.6 Å². The molecule has 0 atom stereocenters. The normalized spacial score (nSPS) is 11.7. The van der Waals surface area contributed by atoms with Crippen molar-refractivity contribution in [3.63, 3.8) is 0 Å². The Hall–Kier alpha value is -1.38. The first-order valence-corrected chi connectivity index (χ1v) is 9.31. The van der Waals surface area contributed by atoms with Crippen molar-refractivity contribution < 1.29 is 4.42 Å². The molecule has 3 heterocycles. The zero-order valence-electron chi connectivity index (χ0n) is 12.8. The van der Waals surface area contributed by atoms with Crippen LogP contribution in [0.3, 0.4) is 0 Å². The van der Waals surface area contributed by atoms with Gasteiger partial charge in [-0.3, -0.25) is 0 Å². The fourth-order valence-electron chi connectivity index (χ4n) is 1.66. The molecule has 0 bridgehead atoms. The number of halogens is 1. The van der Waals surface area contributed by atoms with Crippen molar-refractivity contribution >= 4 is 50.0 Å². The molecule has 23 heavy (non-hydrogen) atoms. The molecule has 0 spiro atoms. The lowest BCUT2D eigenvalue weighted by Crippen LogP contribution is -2.09. The average molecular weight is 411 g/mol. The summed E-state index contributed by atoms with van der Waals surface area (Å²) in [6.07, 6.45) is 5.33. The summed E-state index contributed by atoms with van der Waals surface area (Å²) in [4.78, 5) is 12.9. The lowest BCUT2D eigenvalue weighted by Gasteiger charge is -2.12. The summed E-state index contributed by atoms with van der Waals surface area (Å²) in [5.41, 5.74) is -0.0422. The topological polar surface area (TPSA) is 63.8 Å². The van der Waals surface area contributed by atoms with Gasteiger partial charge < -0.3 is 9.73 Å². The van der Waals surface area contributed by atoms with Crippen molar-refractivity contribution in [1.29, 1.82) is 0 Å². The molecule has 0 fully saturated rings. The zero-order chi connectivity index (χ0) is 16.4. The van der Waals surface area contributed by atoms with E-state index in [-0.39, 0.29) is 5.41 Å². The Morgan fingerprint density at radius 3 is 2.61 bits per heavy atom. The van der Waals surface area contributed by atoms with Gasteiger partial charge in [-0.15, -0.1) is 0 Å². The predicted octanol–water partition coefficient (Wildman–Crippen LogP) is 5.48. The molecular formula is C15H15BrN4OS2. The highest BCUT2D eigenvalue weighted by atomic mass is 79.9. The maximum absolute atomic E-state index is 5.79. The van der Waals surface area contributed by atoms with Gasteiger partial charge in [0.25, 0.3) is 5.22 Å². The Morgan fingerprint density at radius 2 is 1.96 bits per heavy atom. The number of nitrogens with one attached hydrogen (secondary N) is 1. The Bertz CT molecular complexity index is 792. The third-order valence-electron chi connectivity index (χ3n) is 2.86. The second-order valence-electron chi connectivity index (χ2n) is 5.81. The third-order valence-corrected chi connectivity index (χ3v) is 5.20. The van der Waals surface area contributed by atoms with Crippen LogP contribution in [0.5, 0.6) is 0 Å². The number of nitrogens with zero attached hydrogens (tertiary/aromatic N) is 3. The molecule has 8 heteroatoms. The van der Waals surface area contributed by atoms with Crippen molar-refractivity contribution in [3.05, 3.63) is 41.0 Å². The van der Waals surface area contributed by atoms with Gasteiger partial charge in [0.2, 0.25) is 0 Å². The smallest absolute Gasteiger partial charge is 0.261 e. The molecule has 5 nitrogen and oxygen atoms in total. The molecule has 0 amide bonds. The van der Waals surface area contributed by atoms with E-state index in [4.69, 9.17) is 4.42 Å². The number of rotatable bonds is 4. The summed E-state index contributed by atoms with van der Waals surface area (Å²) in [5, 5.41) is 4.59. The maximum Gasteiger partial charge on any atom is 0.261 e. The Labute approximate surface area is 151 Å². The number of hydrogen-bond donors (Lipinski definition) is 1. The molecule has 0 unspecified atom stereocenters. The van der Waals surface area contributed by atoms with Crippen LogP contribution in [0.4, 0.5) is 10.9 Å². The van der Waals surface area contributed by atoms with Gasteiger partial charge in [-0.25, -0.2) is 15.0 Å². The molecule has 0 saturated carbocycles. The van der Waals surface area contributed by atoms with Crippen molar-refractivity contribution in [2.75, 3.05) is 5.32 Å². The van der Waals surface area contributed by atoms with E-state index in [2.05, 4.69) is 57.0 Å². The number of hydrogen-bond acceptors (Lipinski definition) is 7. The van der Waals surface area contributed by atoms with Crippen LogP contribution in [-0.4, -0.2) is 15.0 Å². The van der Waals surface area contributed by atoms with Gasteiger partial charge in [0.15, 0.2) is 5.13 Å². The Kier molecular flexibility index (Phi) is 4.74. The summed E-state index contributed by atoms with van der Waals surface area (Å²) in [5.74, 6) is 1.63. The largest absolute Gasteiger partial charge is 0.436 e. The monoisotopic (exact) mass is 410 g/mol. The number of oxazole rings is 1. The summed E-state index contributed by atoms with van der Waals surface area (Å²) in [6, 6.07) is 3.82. The van der Waals surface area contributed by atoms with E-state index >= 15 is 0 Å². The van der Waals surface area contributed by atoms with E-state index < -0.39 is 0 Å². The SMILES string of the molecule is CC(C)(C)c1cnc(Sc2cnc(Nc3ccc(Br)cn3)s2)o1. The Morgan fingerprint density at radius 1 is 1.13 bits per heavy atom. The lowest BCUT2D eigenvalue weighted by atomic mass is 9.94. The third kappa shape index (κ3) is 4.33. The predicted molar refractivity (Wildman–Crippen MR) is 96.7 cm³/mol. The second-order valence-corrected chi connectivity index (χ2v) is 9.01. The van der Waals surface area contributed by atoms with Crippen LogP contribution in [0.2, 0.25) is 0 Å². The fourth-order valence-corrected chi connectivity index (χ4v) is 3.58. The minimum Gasteiger partial charge on any atom is -0.436 e. The van der Waals surface area contributed by atoms with Gasteiger partial charge >= 0.3 is 0 Å². The second kappa shape index (κ2) is 6.62. The highest BCUT2D eigenvalue weighted by Crippen LogP contribution is 2.36. The number of pyridine rings is 1. The number of thiazole rings is 1. The van der Waals surface area contributed by atoms with E-state index in [1.165, 1.54) is 23.1 Å². The van der Waals surface area contributed by atoms with E-state index in [0.717, 1.165) is 25.4 Å². The Balaban J connectivity index is 1.67. The number of anilines is 2. The summed E-state index contributed by atoms with van der Waals surface area (Å²) in [6.45, 7) is 6.30. The first kappa shape index (κ1) is 16.5. The molecule has 120 valence electrons. The van der Waals surface area contributed by atoms with Crippen LogP contribution in [0.1, 0.15) is 26.5 Å². The average Bonchev–Trinajstić information content (AvgIpc) is 3.11. The summed E-state index contributed by atoms with van der Waals surface area (Å²) in [7, 11) is 0. The van der Waals surface area contributed by atoms with Crippen LogP contribution >= 0.6 is 39.0 Å². The zero-order valence-corrected chi connectivity index (χ0v) is 16.1. The molecule has 0 saturated heterocycles. The minimum atomic E-state index is -0.0422. The van der Waals surface area contributed by atoms with Crippen LogP contribution in [-0.2, 0) is 5.41 Å². The molecule has 0 aliphatic carbocycles. The van der Waals surface area contributed by atoms with Crippen LogP contribution in [0, 0.1) is 0 Å². The molecule has 0 aliphatic heterocycles. The quantitative estimate of drug-likeness (QED) is 0.613. The van der Waals surface area contributed by atoms with E-state index in [1.54, 1.807) is 18.6 Å². The van der Waals surface area contributed by atoms with Crippen LogP contribution in [0.15, 0.2) is 49.0 Å². The highest BCUT2D eigenvalue weighted by Gasteiger charge is 2.20. The van der Waals surface area contributed by atoms with Gasteiger partial charge in [-0.1, -0.05) is 32.1 Å². The molecule has 0 aromatic carbocycles. The van der Waals surface area contributed by atoms with Gasteiger partial charge in [-0.05, 0) is 39.8 Å². The minimum absolute atomic E-state index is 0.0422. The standard InChI is InChI=1S/C15H15BrN4OS2/c1-15(2,3)10-7-19-14(21-10)23-12-8-18-13(22-12)20-11-5-4-9(16)6-17-11/h4-8H,1-3H3,(H,17,18,20). The maximum atomic E-state index is 5.79. The molecule has 0 aliphatic rings.